The monoisotopic (exact) mass is 213 g/mol. The van der Waals surface area contributed by atoms with Gasteiger partial charge in [0.15, 0.2) is 0 Å². The molecule has 0 saturated heterocycles. The SMILES string of the molecule is C#CCCCN[C@@H](CCC(=O)O)C(=O)O. The molecule has 0 heterocycles. The summed E-state index contributed by atoms with van der Waals surface area (Å²) in [6.45, 7) is 0.487. The van der Waals surface area contributed by atoms with Crippen molar-refractivity contribution in [3.05, 3.63) is 0 Å². The highest BCUT2D eigenvalue weighted by atomic mass is 16.4. The minimum Gasteiger partial charge on any atom is -0.481 e. The van der Waals surface area contributed by atoms with Crippen LogP contribution in [0.3, 0.4) is 0 Å². The topological polar surface area (TPSA) is 86.6 Å². The average Bonchev–Trinajstić information content (AvgIpc) is 2.15. The van der Waals surface area contributed by atoms with E-state index in [0.717, 1.165) is 0 Å². The zero-order valence-electron chi connectivity index (χ0n) is 8.40. The zero-order chi connectivity index (χ0) is 11.7. The van der Waals surface area contributed by atoms with Crippen molar-refractivity contribution in [2.75, 3.05) is 6.54 Å². The van der Waals surface area contributed by atoms with Crippen molar-refractivity contribution in [2.24, 2.45) is 0 Å². The summed E-state index contributed by atoms with van der Waals surface area (Å²) < 4.78 is 0. The van der Waals surface area contributed by atoms with E-state index in [0.29, 0.717) is 19.4 Å². The Labute approximate surface area is 88.5 Å². The number of carboxylic acids is 2. The first-order valence-corrected chi connectivity index (χ1v) is 4.69. The van der Waals surface area contributed by atoms with Gasteiger partial charge in [0.1, 0.15) is 6.04 Å². The van der Waals surface area contributed by atoms with Crippen LogP contribution in [0.15, 0.2) is 0 Å². The quantitative estimate of drug-likeness (QED) is 0.399. The zero-order valence-corrected chi connectivity index (χ0v) is 8.40. The lowest BCUT2D eigenvalue weighted by Crippen LogP contribution is -2.37. The number of terminal acetylenes is 1. The van der Waals surface area contributed by atoms with Gasteiger partial charge in [0, 0.05) is 12.8 Å². The molecule has 0 saturated carbocycles. The summed E-state index contributed by atoms with van der Waals surface area (Å²) in [5.74, 6) is 0.415. The van der Waals surface area contributed by atoms with E-state index in [4.69, 9.17) is 16.6 Å². The van der Waals surface area contributed by atoms with E-state index in [1.807, 2.05) is 0 Å². The van der Waals surface area contributed by atoms with Crippen molar-refractivity contribution in [3.63, 3.8) is 0 Å². The Morgan fingerprint density at radius 2 is 2.07 bits per heavy atom. The molecule has 84 valence electrons. The van der Waals surface area contributed by atoms with E-state index < -0.39 is 18.0 Å². The van der Waals surface area contributed by atoms with Crippen LogP contribution >= 0.6 is 0 Å². The van der Waals surface area contributed by atoms with E-state index in [2.05, 4.69) is 11.2 Å². The third-order valence-electron chi connectivity index (χ3n) is 1.83. The van der Waals surface area contributed by atoms with Crippen molar-refractivity contribution in [3.8, 4) is 12.3 Å². The second-order valence-corrected chi connectivity index (χ2v) is 3.09. The highest BCUT2D eigenvalue weighted by Gasteiger charge is 2.17. The van der Waals surface area contributed by atoms with Gasteiger partial charge in [-0.15, -0.1) is 12.3 Å². The molecule has 1 atom stereocenters. The van der Waals surface area contributed by atoms with Crippen LogP contribution in [0, 0.1) is 12.3 Å². The average molecular weight is 213 g/mol. The molecule has 0 aromatic heterocycles. The lowest BCUT2D eigenvalue weighted by atomic mass is 10.1. The minimum atomic E-state index is -1.03. The highest BCUT2D eigenvalue weighted by molar-refractivity contribution is 5.75. The predicted molar refractivity (Wildman–Crippen MR) is 54.4 cm³/mol. The Morgan fingerprint density at radius 3 is 2.53 bits per heavy atom. The van der Waals surface area contributed by atoms with E-state index >= 15 is 0 Å². The second kappa shape index (κ2) is 7.83. The lowest BCUT2D eigenvalue weighted by Gasteiger charge is -2.12. The number of hydrogen-bond donors (Lipinski definition) is 3. The molecule has 0 aromatic carbocycles. The van der Waals surface area contributed by atoms with Crippen molar-refractivity contribution >= 4 is 11.9 Å². The second-order valence-electron chi connectivity index (χ2n) is 3.09. The van der Waals surface area contributed by atoms with Crippen LogP contribution in [0.4, 0.5) is 0 Å². The smallest absolute Gasteiger partial charge is 0.320 e. The fourth-order valence-corrected chi connectivity index (χ4v) is 1.05. The third-order valence-corrected chi connectivity index (χ3v) is 1.83. The number of aliphatic carboxylic acids is 2. The molecule has 0 amide bonds. The third kappa shape index (κ3) is 7.52. The Bertz CT molecular complexity index is 257. The lowest BCUT2D eigenvalue weighted by molar-refractivity contribution is -0.140. The van der Waals surface area contributed by atoms with Gasteiger partial charge in [-0.1, -0.05) is 0 Å². The summed E-state index contributed by atoms with van der Waals surface area (Å²) >= 11 is 0. The van der Waals surface area contributed by atoms with Gasteiger partial charge in [-0.25, -0.2) is 0 Å². The molecule has 0 aliphatic heterocycles. The molecule has 0 aliphatic carbocycles. The van der Waals surface area contributed by atoms with Gasteiger partial charge in [0.25, 0.3) is 0 Å². The van der Waals surface area contributed by atoms with Gasteiger partial charge in [0.2, 0.25) is 0 Å². The van der Waals surface area contributed by atoms with Crippen LogP contribution < -0.4 is 5.32 Å². The number of carbonyl (C=O) groups is 2. The number of carboxylic acid groups (broad SMARTS) is 2. The Hall–Kier alpha value is -1.54. The summed E-state index contributed by atoms with van der Waals surface area (Å²) in [4.78, 5) is 20.9. The summed E-state index contributed by atoms with van der Waals surface area (Å²) in [6.07, 6.45) is 6.23. The van der Waals surface area contributed by atoms with Crippen LogP contribution in [0.1, 0.15) is 25.7 Å². The molecule has 0 bridgehead atoms. The summed E-state index contributed by atoms with van der Waals surface area (Å²) in [7, 11) is 0. The molecule has 3 N–H and O–H groups in total. The Balaban J connectivity index is 3.79. The number of rotatable bonds is 8. The fourth-order valence-electron chi connectivity index (χ4n) is 1.05. The maximum atomic E-state index is 10.7. The van der Waals surface area contributed by atoms with E-state index in [1.54, 1.807) is 0 Å². The van der Waals surface area contributed by atoms with Gasteiger partial charge in [-0.05, 0) is 19.4 Å². The van der Waals surface area contributed by atoms with Crippen LogP contribution in [0.5, 0.6) is 0 Å². The Morgan fingerprint density at radius 1 is 1.40 bits per heavy atom. The highest BCUT2D eigenvalue weighted by Crippen LogP contribution is 1.98. The van der Waals surface area contributed by atoms with Crippen LogP contribution in [-0.2, 0) is 9.59 Å². The van der Waals surface area contributed by atoms with Gasteiger partial charge in [-0.3, -0.25) is 9.59 Å². The van der Waals surface area contributed by atoms with E-state index in [-0.39, 0.29) is 12.8 Å². The molecule has 5 nitrogen and oxygen atoms in total. The van der Waals surface area contributed by atoms with Gasteiger partial charge < -0.3 is 15.5 Å². The molecule has 15 heavy (non-hydrogen) atoms. The molecule has 5 heteroatoms. The molecular formula is C10H15NO4. The van der Waals surface area contributed by atoms with Crippen molar-refractivity contribution in [1.82, 2.24) is 5.32 Å². The van der Waals surface area contributed by atoms with Crippen molar-refractivity contribution in [2.45, 2.75) is 31.7 Å². The van der Waals surface area contributed by atoms with Crippen molar-refractivity contribution in [1.29, 1.82) is 0 Å². The fraction of sp³-hybridized carbons (Fsp3) is 0.600. The summed E-state index contributed by atoms with van der Waals surface area (Å²) in [5, 5.41) is 19.9. The first kappa shape index (κ1) is 13.5. The van der Waals surface area contributed by atoms with Gasteiger partial charge >= 0.3 is 11.9 Å². The van der Waals surface area contributed by atoms with Crippen molar-refractivity contribution < 1.29 is 19.8 Å². The van der Waals surface area contributed by atoms with Crippen LogP contribution in [0.25, 0.3) is 0 Å². The molecule has 0 aromatic rings. The number of nitrogens with one attached hydrogen (secondary N) is 1. The summed E-state index contributed by atoms with van der Waals surface area (Å²) in [6, 6.07) is -0.807. The van der Waals surface area contributed by atoms with Gasteiger partial charge in [0.05, 0.1) is 0 Å². The Kier molecular flexibility index (Phi) is 7.02. The normalized spacial score (nSPS) is 11.7. The maximum absolute atomic E-state index is 10.7. The maximum Gasteiger partial charge on any atom is 0.320 e. The summed E-state index contributed by atoms with van der Waals surface area (Å²) in [5.41, 5.74) is 0. The van der Waals surface area contributed by atoms with Crippen LogP contribution in [-0.4, -0.2) is 34.7 Å². The molecule has 0 rings (SSSR count). The number of unbranched alkanes of at least 4 members (excludes halogenated alkanes) is 1. The van der Waals surface area contributed by atoms with E-state index in [9.17, 15) is 9.59 Å². The molecule has 0 aliphatic rings. The largest absolute Gasteiger partial charge is 0.481 e. The molecule has 0 fully saturated rings. The van der Waals surface area contributed by atoms with E-state index in [1.165, 1.54) is 0 Å². The first-order chi connectivity index (χ1) is 7.07. The number of hydrogen-bond acceptors (Lipinski definition) is 3. The first-order valence-electron chi connectivity index (χ1n) is 4.69. The molecule has 0 spiro atoms. The van der Waals surface area contributed by atoms with Gasteiger partial charge in [-0.2, -0.15) is 0 Å². The standard InChI is InChI=1S/C10H15NO4/c1-2-3-4-7-11-8(10(14)15)5-6-9(12)13/h1,8,11H,3-7H2,(H,12,13)(H,14,15)/t8-/m0/s1. The molecular weight excluding hydrogens is 198 g/mol. The predicted octanol–water partition coefficient (Wildman–Crippen LogP) is 0.307. The molecule has 0 radical (unpaired) electrons. The minimum absolute atomic E-state index is 0.0840. The molecule has 0 unspecified atom stereocenters. The van der Waals surface area contributed by atoms with Crippen LogP contribution in [0.2, 0.25) is 0 Å².